The van der Waals surface area contributed by atoms with Crippen molar-refractivity contribution in [2.75, 3.05) is 39.4 Å². The van der Waals surface area contributed by atoms with E-state index in [-0.39, 0.29) is 11.3 Å². The molecule has 1 aromatic rings. The molecule has 3 rings (SSSR count). The van der Waals surface area contributed by atoms with Gasteiger partial charge in [-0.3, -0.25) is 14.8 Å². The van der Waals surface area contributed by atoms with Gasteiger partial charge in [0.25, 0.3) is 0 Å². The van der Waals surface area contributed by atoms with Crippen molar-refractivity contribution >= 4 is 5.91 Å². The lowest BCUT2D eigenvalue weighted by molar-refractivity contribution is -0.140. The number of aryl methyl sites for hydroxylation is 1. The second-order valence-corrected chi connectivity index (χ2v) is 7.89. The third-order valence-corrected chi connectivity index (χ3v) is 5.58. The number of carbonyl (C=O) groups excluding carboxylic acids is 1. The number of amides is 1. The highest BCUT2D eigenvalue weighted by Crippen LogP contribution is 2.39. The van der Waals surface area contributed by atoms with Crippen molar-refractivity contribution in [1.82, 2.24) is 19.8 Å². The van der Waals surface area contributed by atoms with Crippen molar-refractivity contribution in [3.05, 3.63) is 23.8 Å². The number of ether oxygens (including phenoxy) is 1. The van der Waals surface area contributed by atoms with Gasteiger partial charge in [0.1, 0.15) is 0 Å². The lowest BCUT2D eigenvalue weighted by Gasteiger charge is -2.48. The molecular weight excluding hydrogens is 328 g/mol. The molecule has 0 N–H and O–H groups in total. The summed E-state index contributed by atoms with van der Waals surface area (Å²) in [6.45, 7) is 10.4. The lowest BCUT2D eigenvalue weighted by atomic mass is 9.73. The Kier molecular flexibility index (Phi) is 6.59. The van der Waals surface area contributed by atoms with Gasteiger partial charge in [-0.1, -0.05) is 6.92 Å². The van der Waals surface area contributed by atoms with E-state index in [4.69, 9.17) is 4.74 Å². The Morgan fingerprint density at radius 3 is 2.85 bits per heavy atom. The number of aromatic nitrogens is 2. The highest BCUT2D eigenvalue weighted by atomic mass is 16.5. The molecule has 0 saturated carbocycles. The molecule has 2 aliphatic rings. The zero-order valence-electron chi connectivity index (χ0n) is 16.2. The molecule has 6 heteroatoms. The van der Waals surface area contributed by atoms with Crippen LogP contribution in [0.3, 0.4) is 0 Å². The molecule has 0 aliphatic carbocycles. The fourth-order valence-corrected chi connectivity index (χ4v) is 4.22. The van der Waals surface area contributed by atoms with Crippen LogP contribution in [0.4, 0.5) is 0 Å². The minimum Gasteiger partial charge on any atom is -0.380 e. The number of piperidine rings is 2. The van der Waals surface area contributed by atoms with Crippen LogP contribution in [-0.2, 0) is 16.1 Å². The number of carbonyl (C=O) groups is 1. The summed E-state index contributed by atoms with van der Waals surface area (Å²) in [7, 11) is 0. The Morgan fingerprint density at radius 1 is 1.19 bits per heavy atom. The maximum atomic E-state index is 12.5. The van der Waals surface area contributed by atoms with E-state index in [1.807, 2.05) is 11.8 Å². The standard InChI is InChI=1S/C20H32N4O2/c1-3-10-26-11-9-23-8-4-6-20(15-23)7-5-19(25)24(16-20)14-18-13-21-17(2)12-22-18/h12-13H,3-11,14-16H2,1-2H3. The summed E-state index contributed by atoms with van der Waals surface area (Å²) in [5.74, 6) is 0.251. The first-order valence-corrected chi connectivity index (χ1v) is 9.96. The molecule has 2 fully saturated rings. The monoisotopic (exact) mass is 360 g/mol. The summed E-state index contributed by atoms with van der Waals surface area (Å²) in [6, 6.07) is 0. The van der Waals surface area contributed by atoms with Crippen molar-refractivity contribution in [2.45, 2.75) is 52.5 Å². The fraction of sp³-hybridized carbons (Fsp3) is 0.750. The predicted octanol–water partition coefficient (Wildman–Crippen LogP) is 2.42. The summed E-state index contributed by atoms with van der Waals surface area (Å²) in [6.07, 6.45) is 8.72. The Labute approximate surface area is 156 Å². The third-order valence-electron chi connectivity index (χ3n) is 5.58. The largest absolute Gasteiger partial charge is 0.380 e. The second-order valence-electron chi connectivity index (χ2n) is 7.89. The van der Waals surface area contributed by atoms with Crippen LogP contribution in [0.2, 0.25) is 0 Å². The molecule has 26 heavy (non-hydrogen) atoms. The Morgan fingerprint density at radius 2 is 2.08 bits per heavy atom. The van der Waals surface area contributed by atoms with Crippen LogP contribution < -0.4 is 0 Å². The van der Waals surface area contributed by atoms with Crippen LogP contribution in [0.5, 0.6) is 0 Å². The molecule has 3 heterocycles. The summed E-state index contributed by atoms with van der Waals surface area (Å²) < 4.78 is 5.67. The first kappa shape index (κ1) is 19.2. The van der Waals surface area contributed by atoms with Crippen molar-refractivity contribution < 1.29 is 9.53 Å². The van der Waals surface area contributed by atoms with Crippen molar-refractivity contribution in [2.24, 2.45) is 5.41 Å². The molecule has 2 aliphatic heterocycles. The number of likely N-dealkylation sites (tertiary alicyclic amines) is 2. The average molecular weight is 361 g/mol. The lowest BCUT2D eigenvalue weighted by Crippen LogP contribution is -2.54. The van der Waals surface area contributed by atoms with Crippen LogP contribution in [0.1, 0.15) is 50.4 Å². The first-order chi connectivity index (χ1) is 12.6. The third kappa shape index (κ3) is 5.01. The second kappa shape index (κ2) is 8.91. The minimum absolute atomic E-state index is 0.231. The van der Waals surface area contributed by atoms with Gasteiger partial charge >= 0.3 is 0 Å². The molecule has 6 nitrogen and oxygen atoms in total. The summed E-state index contributed by atoms with van der Waals surface area (Å²) in [4.78, 5) is 25.7. The van der Waals surface area contributed by atoms with Gasteiger partial charge in [0, 0.05) is 44.3 Å². The molecule has 1 aromatic heterocycles. The van der Waals surface area contributed by atoms with E-state index in [1.54, 1.807) is 12.4 Å². The predicted molar refractivity (Wildman–Crippen MR) is 101 cm³/mol. The van der Waals surface area contributed by atoms with Crippen molar-refractivity contribution in [3.8, 4) is 0 Å². The SMILES string of the molecule is CCCOCCN1CCCC2(CCC(=O)N(Cc3cnc(C)cn3)C2)C1. The Hall–Kier alpha value is -1.53. The van der Waals surface area contributed by atoms with Crippen molar-refractivity contribution in [3.63, 3.8) is 0 Å². The van der Waals surface area contributed by atoms with Gasteiger partial charge in [0.15, 0.2) is 0 Å². The maximum absolute atomic E-state index is 12.5. The van der Waals surface area contributed by atoms with Gasteiger partial charge in [-0.15, -0.1) is 0 Å². The molecular formula is C20H32N4O2. The quantitative estimate of drug-likeness (QED) is 0.699. The van der Waals surface area contributed by atoms with Gasteiger partial charge in [0.2, 0.25) is 5.91 Å². The van der Waals surface area contributed by atoms with E-state index < -0.39 is 0 Å². The van der Waals surface area contributed by atoms with E-state index in [0.717, 1.165) is 63.6 Å². The van der Waals surface area contributed by atoms with Crippen LogP contribution in [0.15, 0.2) is 12.4 Å². The normalized spacial score (nSPS) is 24.4. The van der Waals surface area contributed by atoms with Gasteiger partial charge < -0.3 is 14.5 Å². The molecule has 1 spiro atoms. The fourth-order valence-electron chi connectivity index (χ4n) is 4.22. The number of nitrogens with zero attached hydrogens (tertiary/aromatic N) is 4. The molecule has 2 saturated heterocycles. The van der Waals surface area contributed by atoms with Gasteiger partial charge in [0.05, 0.1) is 30.7 Å². The molecule has 1 unspecified atom stereocenters. The van der Waals surface area contributed by atoms with Gasteiger partial charge in [-0.05, 0) is 39.2 Å². The Balaban J connectivity index is 1.58. The average Bonchev–Trinajstić information content (AvgIpc) is 2.64. The number of hydrogen-bond donors (Lipinski definition) is 0. The van der Waals surface area contributed by atoms with Crippen molar-refractivity contribution in [1.29, 1.82) is 0 Å². The van der Waals surface area contributed by atoms with E-state index in [0.29, 0.717) is 13.0 Å². The summed E-state index contributed by atoms with van der Waals surface area (Å²) >= 11 is 0. The maximum Gasteiger partial charge on any atom is 0.222 e. The van der Waals surface area contributed by atoms with E-state index in [9.17, 15) is 4.79 Å². The van der Waals surface area contributed by atoms with Gasteiger partial charge in [-0.2, -0.15) is 0 Å². The number of rotatable bonds is 7. The minimum atomic E-state index is 0.231. The smallest absolute Gasteiger partial charge is 0.222 e. The van der Waals surface area contributed by atoms with Crippen LogP contribution in [0.25, 0.3) is 0 Å². The van der Waals surface area contributed by atoms with Crippen LogP contribution >= 0.6 is 0 Å². The highest BCUT2D eigenvalue weighted by Gasteiger charge is 2.41. The zero-order chi connectivity index (χ0) is 18.4. The molecule has 0 radical (unpaired) electrons. The number of hydrogen-bond acceptors (Lipinski definition) is 5. The summed E-state index contributed by atoms with van der Waals surface area (Å²) in [5, 5.41) is 0. The molecule has 1 atom stereocenters. The molecule has 0 bridgehead atoms. The molecule has 144 valence electrons. The topological polar surface area (TPSA) is 58.6 Å². The molecule has 0 aromatic carbocycles. The zero-order valence-corrected chi connectivity index (χ0v) is 16.2. The van der Waals surface area contributed by atoms with E-state index in [1.165, 1.54) is 12.8 Å². The van der Waals surface area contributed by atoms with Gasteiger partial charge in [-0.25, -0.2) is 0 Å². The van der Waals surface area contributed by atoms with Crippen LogP contribution in [-0.4, -0.2) is 65.1 Å². The van der Waals surface area contributed by atoms with E-state index >= 15 is 0 Å². The highest BCUT2D eigenvalue weighted by molar-refractivity contribution is 5.77. The first-order valence-electron chi connectivity index (χ1n) is 9.96. The Bertz CT molecular complexity index is 592. The van der Waals surface area contributed by atoms with Crippen LogP contribution in [0, 0.1) is 12.3 Å². The molecule has 1 amide bonds. The van der Waals surface area contributed by atoms with E-state index in [2.05, 4.69) is 21.8 Å². The summed E-state index contributed by atoms with van der Waals surface area (Å²) in [5.41, 5.74) is 2.01.